The van der Waals surface area contributed by atoms with Crippen molar-refractivity contribution in [2.24, 2.45) is 10.7 Å². The molecule has 5 heteroatoms. The summed E-state index contributed by atoms with van der Waals surface area (Å²) in [6, 6.07) is 6.41. The average Bonchev–Trinajstić information content (AvgIpc) is 2.53. The highest BCUT2D eigenvalue weighted by Gasteiger charge is 2.12. The number of anilines is 1. The minimum atomic E-state index is 0.535. The van der Waals surface area contributed by atoms with Crippen LogP contribution in [0.5, 0.6) is 0 Å². The zero-order valence-corrected chi connectivity index (χ0v) is 12.7. The lowest BCUT2D eigenvalue weighted by molar-refractivity contribution is 0.412. The predicted octanol–water partition coefficient (Wildman–Crippen LogP) is 2.51. The third kappa shape index (κ3) is 6.47. The molecule has 0 saturated heterocycles. The lowest BCUT2D eigenvalue weighted by Crippen LogP contribution is -2.41. The number of aromatic nitrogens is 1. The number of guanidine groups is 1. The molecule has 0 aliphatic heterocycles. The molecule has 1 saturated carbocycles. The van der Waals surface area contributed by atoms with Gasteiger partial charge in [0.1, 0.15) is 5.82 Å². The maximum absolute atomic E-state index is 5.92. The largest absolute Gasteiger partial charge is 0.370 e. The van der Waals surface area contributed by atoms with Crippen molar-refractivity contribution in [3.63, 3.8) is 0 Å². The van der Waals surface area contributed by atoms with Crippen LogP contribution in [0.25, 0.3) is 0 Å². The van der Waals surface area contributed by atoms with Crippen LogP contribution in [-0.2, 0) is 0 Å². The monoisotopic (exact) mass is 289 g/mol. The van der Waals surface area contributed by atoms with E-state index in [1.807, 2.05) is 18.2 Å². The molecule has 1 aromatic heterocycles. The first-order valence-electron chi connectivity index (χ1n) is 8.06. The number of pyridine rings is 1. The van der Waals surface area contributed by atoms with E-state index >= 15 is 0 Å². The van der Waals surface area contributed by atoms with Gasteiger partial charge < -0.3 is 16.4 Å². The van der Waals surface area contributed by atoms with Crippen LogP contribution in [0.3, 0.4) is 0 Å². The minimum absolute atomic E-state index is 0.535. The van der Waals surface area contributed by atoms with Crippen molar-refractivity contribution < 1.29 is 0 Å². The Labute approximate surface area is 127 Å². The van der Waals surface area contributed by atoms with Crippen molar-refractivity contribution >= 4 is 11.8 Å². The number of rotatable bonds is 7. The maximum atomic E-state index is 5.92. The summed E-state index contributed by atoms with van der Waals surface area (Å²) < 4.78 is 0. The first-order chi connectivity index (χ1) is 10.3. The highest BCUT2D eigenvalue weighted by molar-refractivity contribution is 5.78. The number of nitrogens with two attached hydrogens (primary N) is 1. The van der Waals surface area contributed by atoms with E-state index in [9.17, 15) is 0 Å². The fraction of sp³-hybridized carbons (Fsp3) is 0.625. The Morgan fingerprint density at radius 2 is 2.10 bits per heavy atom. The maximum Gasteiger partial charge on any atom is 0.188 e. The van der Waals surface area contributed by atoms with Crippen LogP contribution in [0.15, 0.2) is 29.4 Å². The average molecular weight is 289 g/mol. The number of unbranched alkanes of at least 4 members (excludes halogenated alkanes) is 1. The lowest BCUT2D eigenvalue weighted by Gasteiger charge is -2.23. The molecule has 5 nitrogen and oxygen atoms in total. The molecule has 0 amide bonds. The summed E-state index contributed by atoms with van der Waals surface area (Å²) in [5.74, 6) is 1.54. The van der Waals surface area contributed by atoms with Gasteiger partial charge in [0.2, 0.25) is 0 Å². The molecule has 2 rings (SSSR count). The van der Waals surface area contributed by atoms with E-state index in [2.05, 4.69) is 20.6 Å². The molecule has 0 aromatic carbocycles. The van der Waals surface area contributed by atoms with E-state index in [0.29, 0.717) is 12.0 Å². The molecular weight excluding hydrogens is 262 g/mol. The molecule has 1 aliphatic carbocycles. The Kier molecular flexibility index (Phi) is 6.84. The zero-order valence-electron chi connectivity index (χ0n) is 12.7. The Morgan fingerprint density at radius 1 is 1.24 bits per heavy atom. The SMILES string of the molecule is NC(=NCCCCNc1ccccn1)NC1CCCCC1. The van der Waals surface area contributed by atoms with Crippen LogP contribution in [0.2, 0.25) is 0 Å². The molecular formula is C16H27N5. The van der Waals surface area contributed by atoms with Crippen LogP contribution in [0.1, 0.15) is 44.9 Å². The van der Waals surface area contributed by atoms with E-state index in [4.69, 9.17) is 5.73 Å². The Bertz CT molecular complexity index is 412. The van der Waals surface area contributed by atoms with Crippen LogP contribution < -0.4 is 16.4 Å². The smallest absolute Gasteiger partial charge is 0.188 e. The number of nitrogens with one attached hydrogen (secondary N) is 2. The van der Waals surface area contributed by atoms with Gasteiger partial charge in [-0.1, -0.05) is 25.3 Å². The van der Waals surface area contributed by atoms with Crippen molar-refractivity contribution in [2.75, 3.05) is 18.4 Å². The molecule has 21 heavy (non-hydrogen) atoms. The van der Waals surface area contributed by atoms with Gasteiger partial charge in [0.25, 0.3) is 0 Å². The molecule has 1 heterocycles. The summed E-state index contributed by atoms with van der Waals surface area (Å²) in [7, 11) is 0. The summed E-state index contributed by atoms with van der Waals surface area (Å²) in [5, 5.41) is 6.63. The van der Waals surface area contributed by atoms with E-state index < -0.39 is 0 Å². The standard InChI is InChI=1S/C16H27N5/c17-16(21-14-8-2-1-3-9-14)20-13-7-6-12-19-15-10-4-5-11-18-15/h4-5,10-11,14H,1-3,6-9,12-13H2,(H,18,19)(H3,17,20,21). The molecule has 116 valence electrons. The summed E-state index contributed by atoms with van der Waals surface area (Å²) in [4.78, 5) is 8.62. The second kappa shape index (κ2) is 9.21. The number of nitrogens with zero attached hydrogens (tertiary/aromatic N) is 2. The summed E-state index contributed by atoms with van der Waals surface area (Å²) >= 11 is 0. The molecule has 0 spiro atoms. The Hall–Kier alpha value is -1.78. The van der Waals surface area contributed by atoms with Crippen molar-refractivity contribution in [2.45, 2.75) is 51.0 Å². The number of hydrogen-bond acceptors (Lipinski definition) is 3. The van der Waals surface area contributed by atoms with E-state index in [-0.39, 0.29) is 0 Å². The fourth-order valence-corrected chi connectivity index (χ4v) is 2.62. The molecule has 0 radical (unpaired) electrons. The Morgan fingerprint density at radius 3 is 2.86 bits per heavy atom. The second-order valence-corrected chi connectivity index (χ2v) is 5.60. The first-order valence-corrected chi connectivity index (χ1v) is 8.06. The normalized spacial score (nSPS) is 16.7. The van der Waals surface area contributed by atoms with Gasteiger partial charge in [0.05, 0.1) is 0 Å². The highest BCUT2D eigenvalue weighted by Crippen LogP contribution is 2.16. The van der Waals surface area contributed by atoms with Crippen LogP contribution in [-0.4, -0.2) is 30.1 Å². The minimum Gasteiger partial charge on any atom is -0.370 e. The number of hydrogen-bond donors (Lipinski definition) is 3. The van der Waals surface area contributed by atoms with Gasteiger partial charge in [0, 0.05) is 25.3 Å². The third-order valence-electron chi connectivity index (χ3n) is 3.80. The van der Waals surface area contributed by atoms with Gasteiger partial charge in [-0.3, -0.25) is 4.99 Å². The molecule has 4 N–H and O–H groups in total. The van der Waals surface area contributed by atoms with Gasteiger partial charge in [-0.15, -0.1) is 0 Å². The summed E-state index contributed by atoms with van der Waals surface area (Å²) in [6.07, 6.45) is 10.3. The molecule has 1 fully saturated rings. The summed E-state index contributed by atoms with van der Waals surface area (Å²) in [6.45, 7) is 1.71. The fourth-order valence-electron chi connectivity index (χ4n) is 2.62. The van der Waals surface area contributed by atoms with Gasteiger partial charge in [0.15, 0.2) is 5.96 Å². The Balaban J connectivity index is 1.52. The van der Waals surface area contributed by atoms with Crippen molar-refractivity contribution in [3.05, 3.63) is 24.4 Å². The van der Waals surface area contributed by atoms with Crippen molar-refractivity contribution in [1.29, 1.82) is 0 Å². The van der Waals surface area contributed by atoms with Gasteiger partial charge >= 0.3 is 0 Å². The van der Waals surface area contributed by atoms with E-state index in [0.717, 1.165) is 31.7 Å². The highest BCUT2D eigenvalue weighted by atomic mass is 15.1. The van der Waals surface area contributed by atoms with Gasteiger partial charge in [-0.2, -0.15) is 0 Å². The second-order valence-electron chi connectivity index (χ2n) is 5.60. The predicted molar refractivity (Wildman–Crippen MR) is 88.5 cm³/mol. The van der Waals surface area contributed by atoms with Crippen LogP contribution in [0.4, 0.5) is 5.82 Å². The topological polar surface area (TPSA) is 75.3 Å². The van der Waals surface area contributed by atoms with Crippen LogP contribution >= 0.6 is 0 Å². The van der Waals surface area contributed by atoms with Crippen LogP contribution in [0, 0.1) is 0 Å². The van der Waals surface area contributed by atoms with Gasteiger partial charge in [-0.05, 0) is 37.8 Å². The van der Waals surface area contributed by atoms with Crippen molar-refractivity contribution in [1.82, 2.24) is 10.3 Å². The summed E-state index contributed by atoms with van der Waals surface area (Å²) in [5.41, 5.74) is 5.92. The lowest BCUT2D eigenvalue weighted by atomic mass is 9.96. The van der Waals surface area contributed by atoms with E-state index in [1.165, 1.54) is 32.1 Å². The van der Waals surface area contributed by atoms with Crippen molar-refractivity contribution in [3.8, 4) is 0 Å². The molecule has 1 aliphatic rings. The molecule has 1 aromatic rings. The first kappa shape index (κ1) is 15.6. The van der Waals surface area contributed by atoms with E-state index in [1.54, 1.807) is 6.20 Å². The molecule has 0 atom stereocenters. The number of aliphatic imine (C=N–C) groups is 1. The quantitative estimate of drug-likeness (QED) is 0.409. The molecule has 0 bridgehead atoms. The third-order valence-corrected chi connectivity index (χ3v) is 3.80. The zero-order chi connectivity index (χ0) is 14.8. The van der Waals surface area contributed by atoms with Gasteiger partial charge in [-0.25, -0.2) is 4.98 Å². The molecule has 0 unspecified atom stereocenters.